The Hall–Kier alpha value is -0.780. The lowest BCUT2D eigenvalue weighted by Gasteiger charge is -2.26. The van der Waals surface area contributed by atoms with E-state index in [2.05, 4.69) is 15.9 Å². The molecule has 104 valence electrons. The number of carboxylic acid groups (broad SMARTS) is 1. The molecule has 1 saturated heterocycles. The first kappa shape index (κ1) is 15.3. The van der Waals surface area contributed by atoms with Gasteiger partial charge in [-0.1, -0.05) is 15.9 Å². The van der Waals surface area contributed by atoms with Crippen molar-refractivity contribution < 1.29 is 19.4 Å². The SMILES string of the molecule is CC(C)(C)OC(=O)N1CC(CCBr)CC1C(=O)O. The Morgan fingerprint density at radius 2 is 2.06 bits per heavy atom. The van der Waals surface area contributed by atoms with Gasteiger partial charge < -0.3 is 9.84 Å². The molecule has 0 bridgehead atoms. The summed E-state index contributed by atoms with van der Waals surface area (Å²) < 4.78 is 5.24. The molecule has 1 rings (SSSR count). The molecule has 1 fully saturated rings. The highest BCUT2D eigenvalue weighted by atomic mass is 79.9. The lowest BCUT2D eigenvalue weighted by Crippen LogP contribution is -2.43. The van der Waals surface area contributed by atoms with Crippen LogP contribution in [0.25, 0.3) is 0 Å². The summed E-state index contributed by atoms with van der Waals surface area (Å²) in [6, 6.07) is -0.760. The fourth-order valence-electron chi connectivity index (χ4n) is 2.04. The van der Waals surface area contributed by atoms with E-state index >= 15 is 0 Å². The third-order valence-corrected chi connectivity index (χ3v) is 3.28. The molecule has 2 unspecified atom stereocenters. The van der Waals surface area contributed by atoms with Gasteiger partial charge in [-0.25, -0.2) is 9.59 Å². The highest BCUT2D eigenvalue weighted by Gasteiger charge is 2.41. The van der Waals surface area contributed by atoms with Crippen LogP contribution < -0.4 is 0 Å². The van der Waals surface area contributed by atoms with Crippen molar-refractivity contribution in [2.45, 2.75) is 45.3 Å². The Morgan fingerprint density at radius 1 is 1.44 bits per heavy atom. The second-order valence-corrected chi connectivity index (χ2v) is 6.36. The number of halogens is 1. The number of hydrogen-bond donors (Lipinski definition) is 1. The maximum absolute atomic E-state index is 12.0. The van der Waals surface area contributed by atoms with Gasteiger partial charge in [-0.2, -0.15) is 0 Å². The fourth-order valence-corrected chi connectivity index (χ4v) is 2.69. The maximum Gasteiger partial charge on any atom is 0.411 e. The molecule has 2 atom stereocenters. The molecule has 0 aliphatic carbocycles. The zero-order chi connectivity index (χ0) is 13.9. The molecule has 5 nitrogen and oxygen atoms in total. The summed E-state index contributed by atoms with van der Waals surface area (Å²) in [5.41, 5.74) is -0.604. The van der Waals surface area contributed by atoms with Crippen molar-refractivity contribution in [1.82, 2.24) is 4.90 Å². The summed E-state index contributed by atoms with van der Waals surface area (Å²) >= 11 is 3.34. The van der Waals surface area contributed by atoms with Crippen LogP contribution in [-0.2, 0) is 9.53 Å². The van der Waals surface area contributed by atoms with Crippen LogP contribution in [0.4, 0.5) is 4.79 Å². The molecule has 18 heavy (non-hydrogen) atoms. The molecule has 0 saturated carbocycles. The number of carbonyl (C=O) groups excluding carboxylic acids is 1. The summed E-state index contributed by atoms with van der Waals surface area (Å²) in [7, 11) is 0. The number of hydrogen-bond acceptors (Lipinski definition) is 3. The number of alkyl halides is 1. The molecule has 1 aliphatic heterocycles. The standard InChI is InChI=1S/C12H20BrNO4/c1-12(2,3)18-11(17)14-7-8(4-5-13)6-9(14)10(15)16/h8-9H,4-7H2,1-3H3,(H,15,16). The van der Waals surface area contributed by atoms with Gasteiger partial charge in [0.1, 0.15) is 11.6 Å². The van der Waals surface area contributed by atoms with Crippen molar-refractivity contribution >= 4 is 28.0 Å². The smallest absolute Gasteiger partial charge is 0.411 e. The van der Waals surface area contributed by atoms with Gasteiger partial charge in [0.05, 0.1) is 0 Å². The van der Waals surface area contributed by atoms with E-state index < -0.39 is 23.7 Å². The molecule has 0 aromatic carbocycles. The molecule has 0 aromatic rings. The first-order valence-electron chi connectivity index (χ1n) is 6.03. The first-order chi connectivity index (χ1) is 8.24. The van der Waals surface area contributed by atoms with Gasteiger partial charge in [-0.3, -0.25) is 4.90 Å². The van der Waals surface area contributed by atoms with E-state index in [0.717, 1.165) is 11.8 Å². The Kier molecular flexibility index (Phi) is 5.01. The van der Waals surface area contributed by atoms with Gasteiger partial charge in [-0.05, 0) is 39.5 Å². The van der Waals surface area contributed by atoms with Crippen LogP contribution >= 0.6 is 15.9 Å². The van der Waals surface area contributed by atoms with E-state index in [0.29, 0.717) is 13.0 Å². The molecule has 6 heteroatoms. The summed E-state index contributed by atoms with van der Waals surface area (Å²) in [5, 5.41) is 9.97. The summed E-state index contributed by atoms with van der Waals surface area (Å²) in [6.45, 7) is 5.77. The molecule has 0 spiro atoms. The molecule has 0 aromatic heterocycles. The number of carbonyl (C=O) groups is 2. The van der Waals surface area contributed by atoms with Crippen molar-refractivity contribution in [2.24, 2.45) is 5.92 Å². The Bertz CT molecular complexity index is 327. The van der Waals surface area contributed by atoms with Gasteiger partial charge in [0.15, 0.2) is 0 Å². The van der Waals surface area contributed by atoms with E-state index in [1.165, 1.54) is 4.90 Å². The zero-order valence-electron chi connectivity index (χ0n) is 11.0. The van der Waals surface area contributed by atoms with E-state index in [1.807, 2.05) is 0 Å². The van der Waals surface area contributed by atoms with E-state index in [9.17, 15) is 9.59 Å². The van der Waals surface area contributed by atoms with Gasteiger partial charge in [0.25, 0.3) is 0 Å². The second kappa shape index (κ2) is 5.91. The van der Waals surface area contributed by atoms with Crippen LogP contribution in [0.15, 0.2) is 0 Å². The highest BCUT2D eigenvalue weighted by Crippen LogP contribution is 2.28. The van der Waals surface area contributed by atoms with Gasteiger partial charge in [0.2, 0.25) is 0 Å². The van der Waals surface area contributed by atoms with Crippen LogP contribution in [0.1, 0.15) is 33.6 Å². The van der Waals surface area contributed by atoms with Crippen molar-refractivity contribution in [1.29, 1.82) is 0 Å². The first-order valence-corrected chi connectivity index (χ1v) is 7.15. The lowest BCUT2D eigenvalue weighted by atomic mass is 10.0. The molecular weight excluding hydrogens is 302 g/mol. The zero-order valence-corrected chi connectivity index (χ0v) is 12.6. The average molecular weight is 322 g/mol. The number of likely N-dealkylation sites (tertiary alicyclic amines) is 1. The van der Waals surface area contributed by atoms with E-state index in [1.54, 1.807) is 20.8 Å². The third-order valence-electron chi connectivity index (χ3n) is 2.82. The van der Waals surface area contributed by atoms with Crippen molar-refractivity contribution in [3.8, 4) is 0 Å². The Balaban J connectivity index is 2.72. The van der Waals surface area contributed by atoms with Crippen molar-refractivity contribution in [3.63, 3.8) is 0 Å². The molecule has 1 aliphatic rings. The molecule has 0 radical (unpaired) electrons. The molecule has 1 N–H and O–H groups in total. The number of amides is 1. The topological polar surface area (TPSA) is 66.8 Å². The number of aliphatic carboxylic acids is 1. The quantitative estimate of drug-likeness (QED) is 0.811. The maximum atomic E-state index is 12.0. The molecule has 1 amide bonds. The highest BCUT2D eigenvalue weighted by molar-refractivity contribution is 9.09. The number of ether oxygens (including phenoxy) is 1. The van der Waals surface area contributed by atoms with Gasteiger partial charge in [-0.15, -0.1) is 0 Å². The summed E-state index contributed by atoms with van der Waals surface area (Å²) in [4.78, 5) is 24.5. The van der Waals surface area contributed by atoms with Gasteiger partial charge in [0, 0.05) is 11.9 Å². The molecule has 1 heterocycles. The summed E-state index contributed by atoms with van der Waals surface area (Å²) in [5.74, 6) is -0.740. The predicted octanol–water partition coefficient (Wildman–Crippen LogP) is 2.48. The largest absolute Gasteiger partial charge is 0.480 e. The van der Waals surface area contributed by atoms with Gasteiger partial charge >= 0.3 is 12.1 Å². The monoisotopic (exact) mass is 321 g/mol. The van der Waals surface area contributed by atoms with Crippen molar-refractivity contribution in [3.05, 3.63) is 0 Å². The Morgan fingerprint density at radius 3 is 2.50 bits per heavy atom. The molecular formula is C12H20BrNO4. The van der Waals surface area contributed by atoms with Crippen LogP contribution in [-0.4, -0.2) is 45.6 Å². The second-order valence-electron chi connectivity index (χ2n) is 5.57. The Labute approximate surface area is 116 Å². The predicted molar refractivity (Wildman–Crippen MR) is 70.9 cm³/mol. The van der Waals surface area contributed by atoms with Crippen LogP contribution in [0.2, 0.25) is 0 Å². The number of carboxylic acids is 1. The van der Waals surface area contributed by atoms with Crippen LogP contribution in [0.5, 0.6) is 0 Å². The normalized spacial score (nSPS) is 24.1. The minimum Gasteiger partial charge on any atom is -0.480 e. The van der Waals surface area contributed by atoms with Crippen LogP contribution in [0.3, 0.4) is 0 Å². The van der Waals surface area contributed by atoms with E-state index in [4.69, 9.17) is 9.84 Å². The lowest BCUT2D eigenvalue weighted by molar-refractivity contribution is -0.142. The minimum atomic E-state index is -0.960. The fraction of sp³-hybridized carbons (Fsp3) is 0.833. The number of nitrogens with zero attached hydrogens (tertiary/aromatic N) is 1. The van der Waals surface area contributed by atoms with Crippen LogP contribution in [0, 0.1) is 5.92 Å². The average Bonchev–Trinajstić information content (AvgIpc) is 2.59. The minimum absolute atomic E-state index is 0.220. The number of rotatable bonds is 3. The summed E-state index contributed by atoms with van der Waals surface area (Å²) in [6.07, 6.45) is 0.829. The van der Waals surface area contributed by atoms with Crippen molar-refractivity contribution in [2.75, 3.05) is 11.9 Å². The van der Waals surface area contributed by atoms with E-state index in [-0.39, 0.29) is 5.92 Å². The third kappa shape index (κ3) is 4.15.